The number of nitrogens with zero attached hydrogens (tertiary/aromatic N) is 1. The lowest BCUT2D eigenvalue weighted by atomic mass is 10.1. The summed E-state index contributed by atoms with van der Waals surface area (Å²) in [6.45, 7) is 0. The van der Waals surface area contributed by atoms with Gasteiger partial charge in [-0.1, -0.05) is 0 Å². The van der Waals surface area contributed by atoms with Crippen molar-refractivity contribution >= 4 is 41.5 Å². The number of hydrogen-bond acceptors (Lipinski definition) is 9. The van der Waals surface area contributed by atoms with E-state index >= 15 is 0 Å². The third kappa shape index (κ3) is 10.6. The molecule has 0 bridgehead atoms. The van der Waals surface area contributed by atoms with Crippen molar-refractivity contribution in [1.29, 1.82) is 0 Å². The average molecular weight is 512 g/mol. The average Bonchev–Trinajstić information content (AvgIpc) is 3.27. The molecule has 17 nitrogen and oxygen atoms in total. The first kappa shape index (κ1) is 29.5. The second kappa shape index (κ2) is 14.0. The number of nitrogens with one attached hydrogen (secondary N) is 4. The van der Waals surface area contributed by atoms with Gasteiger partial charge in [-0.3, -0.25) is 28.8 Å². The molecule has 4 unspecified atom stereocenters. The van der Waals surface area contributed by atoms with Gasteiger partial charge in [0, 0.05) is 24.7 Å². The summed E-state index contributed by atoms with van der Waals surface area (Å²) in [4.78, 5) is 89.1. The highest BCUT2D eigenvalue weighted by molar-refractivity contribution is 5.96. The van der Waals surface area contributed by atoms with E-state index in [9.17, 15) is 33.6 Å². The number of hydrogen-bond donors (Lipinski definition) is 9. The van der Waals surface area contributed by atoms with Gasteiger partial charge < -0.3 is 48.3 Å². The van der Waals surface area contributed by atoms with Crippen LogP contribution >= 0.6 is 0 Å². The Morgan fingerprint density at radius 2 is 1.39 bits per heavy atom. The predicted molar refractivity (Wildman–Crippen MR) is 118 cm³/mol. The number of aliphatic carboxylic acids is 2. The summed E-state index contributed by atoms with van der Waals surface area (Å²) in [5.41, 5.74) is 16.4. The van der Waals surface area contributed by atoms with Crippen LogP contribution in [0.1, 0.15) is 31.4 Å². The SMILES string of the molecule is NC(=O)CC(NC(=O)C(CC(N)=O)NC(=O)C(CCC(=O)O)NC(=O)C(N)Cc1cnc[nH]1)C(=O)O. The number of nitrogens with two attached hydrogens (primary N) is 3. The summed E-state index contributed by atoms with van der Waals surface area (Å²) in [6.07, 6.45) is 0.294. The molecule has 0 aliphatic heterocycles. The first-order valence-corrected chi connectivity index (χ1v) is 10.4. The van der Waals surface area contributed by atoms with Crippen molar-refractivity contribution in [1.82, 2.24) is 25.9 Å². The Morgan fingerprint density at radius 1 is 0.861 bits per heavy atom. The van der Waals surface area contributed by atoms with E-state index in [0.717, 1.165) is 0 Å². The zero-order valence-corrected chi connectivity index (χ0v) is 18.9. The molecule has 1 rings (SSSR count). The Hall–Kier alpha value is -4.54. The van der Waals surface area contributed by atoms with E-state index < -0.39 is 91.3 Å². The molecule has 0 fully saturated rings. The van der Waals surface area contributed by atoms with Crippen LogP contribution in [-0.2, 0) is 40.0 Å². The third-order valence-electron chi connectivity index (χ3n) is 4.67. The summed E-state index contributed by atoms with van der Waals surface area (Å²) in [5, 5.41) is 24.5. The van der Waals surface area contributed by atoms with E-state index in [0.29, 0.717) is 5.69 Å². The molecule has 1 aromatic rings. The number of carboxylic acid groups (broad SMARTS) is 2. The van der Waals surface area contributed by atoms with Crippen molar-refractivity contribution < 1.29 is 43.8 Å². The van der Waals surface area contributed by atoms with Crippen LogP contribution in [0.15, 0.2) is 12.5 Å². The fraction of sp³-hybridized carbons (Fsp3) is 0.474. The van der Waals surface area contributed by atoms with Crippen molar-refractivity contribution in [2.45, 2.75) is 56.3 Å². The first-order valence-electron chi connectivity index (χ1n) is 10.4. The van der Waals surface area contributed by atoms with Gasteiger partial charge in [-0.2, -0.15) is 0 Å². The summed E-state index contributed by atoms with van der Waals surface area (Å²) < 4.78 is 0. The molecule has 198 valence electrons. The number of aromatic amines is 1. The number of rotatable bonds is 16. The maximum Gasteiger partial charge on any atom is 0.326 e. The Morgan fingerprint density at radius 3 is 1.89 bits per heavy atom. The van der Waals surface area contributed by atoms with Crippen LogP contribution in [0, 0.1) is 0 Å². The molecule has 5 amide bonds. The van der Waals surface area contributed by atoms with Crippen molar-refractivity contribution in [3.63, 3.8) is 0 Å². The smallest absolute Gasteiger partial charge is 0.326 e. The molecule has 0 aromatic carbocycles. The van der Waals surface area contributed by atoms with Crippen LogP contribution in [0.2, 0.25) is 0 Å². The lowest BCUT2D eigenvalue weighted by molar-refractivity contribution is -0.144. The number of imidazole rings is 1. The van der Waals surface area contributed by atoms with E-state index in [4.69, 9.17) is 27.4 Å². The lowest BCUT2D eigenvalue weighted by Gasteiger charge is -2.24. The predicted octanol–water partition coefficient (Wildman–Crippen LogP) is -4.57. The number of primary amides is 2. The summed E-state index contributed by atoms with van der Waals surface area (Å²) in [5.74, 6) is -8.06. The maximum absolute atomic E-state index is 12.8. The number of carbonyl (C=O) groups excluding carboxylic acids is 5. The molecule has 1 heterocycles. The quantitative estimate of drug-likeness (QED) is 0.101. The summed E-state index contributed by atoms with van der Waals surface area (Å²) in [6, 6.07) is -6.12. The summed E-state index contributed by atoms with van der Waals surface area (Å²) in [7, 11) is 0. The number of carboxylic acids is 2. The summed E-state index contributed by atoms with van der Waals surface area (Å²) >= 11 is 0. The van der Waals surface area contributed by atoms with Gasteiger partial charge in [0.15, 0.2) is 0 Å². The van der Waals surface area contributed by atoms with Crippen LogP contribution in [0.4, 0.5) is 0 Å². The Balaban J connectivity index is 3.00. The molecule has 0 saturated carbocycles. The molecule has 4 atom stereocenters. The minimum Gasteiger partial charge on any atom is -0.481 e. The molecule has 0 saturated heterocycles. The standard InChI is InChI=1S/C19H28N8O9/c20-9(3-8-6-23-7-24-8)16(32)25-10(1-2-15(30)31)17(33)26-11(4-13(21)28)18(34)27-12(19(35)36)5-14(22)29/h6-7,9-12H,1-5,20H2,(H2,21,28)(H2,22,29)(H,23,24)(H,25,32)(H,26,33)(H,27,34)(H,30,31)(H,35,36). The lowest BCUT2D eigenvalue weighted by Crippen LogP contribution is -2.58. The zero-order chi connectivity index (χ0) is 27.4. The Kier molecular flexibility index (Phi) is 11.5. The second-order valence-electron chi connectivity index (χ2n) is 7.68. The fourth-order valence-corrected chi connectivity index (χ4v) is 2.90. The van der Waals surface area contributed by atoms with Crippen LogP contribution in [0.5, 0.6) is 0 Å². The molecular formula is C19H28N8O9. The van der Waals surface area contributed by atoms with Crippen LogP contribution in [-0.4, -0.2) is 85.8 Å². The zero-order valence-electron chi connectivity index (χ0n) is 18.9. The highest BCUT2D eigenvalue weighted by Gasteiger charge is 2.32. The van der Waals surface area contributed by atoms with E-state index in [1.54, 1.807) is 0 Å². The number of H-pyrrole nitrogens is 1. The monoisotopic (exact) mass is 512 g/mol. The van der Waals surface area contributed by atoms with Crippen molar-refractivity contribution in [2.75, 3.05) is 0 Å². The topological polar surface area (TPSA) is 303 Å². The maximum atomic E-state index is 12.8. The van der Waals surface area contributed by atoms with E-state index in [1.807, 2.05) is 5.32 Å². The van der Waals surface area contributed by atoms with Gasteiger partial charge >= 0.3 is 11.9 Å². The fourth-order valence-electron chi connectivity index (χ4n) is 2.90. The van der Waals surface area contributed by atoms with Gasteiger partial charge in [-0.15, -0.1) is 0 Å². The van der Waals surface area contributed by atoms with E-state index in [-0.39, 0.29) is 6.42 Å². The van der Waals surface area contributed by atoms with Gasteiger partial charge in [0.05, 0.1) is 25.2 Å². The largest absolute Gasteiger partial charge is 0.481 e. The Bertz CT molecular complexity index is 982. The molecule has 1 aromatic heterocycles. The van der Waals surface area contributed by atoms with Crippen molar-refractivity contribution in [3.05, 3.63) is 18.2 Å². The van der Waals surface area contributed by atoms with Crippen LogP contribution in [0.3, 0.4) is 0 Å². The highest BCUT2D eigenvalue weighted by Crippen LogP contribution is 2.04. The molecule has 0 aliphatic rings. The van der Waals surface area contributed by atoms with Crippen LogP contribution < -0.4 is 33.2 Å². The Labute approximate surface area is 203 Å². The molecule has 36 heavy (non-hydrogen) atoms. The van der Waals surface area contributed by atoms with Gasteiger partial charge in [-0.25, -0.2) is 9.78 Å². The number of amides is 5. The third-order valence-corrected chi connectivity index (χ3v) is 4.67. The van der Waals surface area contributed by atoms with Crippen molar-refractivity contribution in [2.24, 2.45) is 17.2 Å². The van der Waals surface area contributed by atoms with E-state index in [1.165, 1.54) is 12.5 Å². The molecule has 0 radical (unpaired) electrons. The highest BCUT2D eigenvalue weighted by atomic mass is 16.4. The molecular weight excluding hydrogens is 484 g/mol. The van der Waals surface area contributed by atoms with Gasteiger partial charge in [0.1, 0.15) is 18.1 Å². The minimum atomic E-state index is -1.76. The van der Waals surface area contributed by atoms with E-state index in [2.05, 4.69) is 20.6 Å². The molecule has 12 N–H and O–H groups in total. The second-order valence-corrected chi connectivity index (χ2v) is 7.68. The molecule has 17 heteroatoms. The number of aromatic nitrogens is 2. The van der Waals surface area contributed by atoms with Gasteiger partial charge in [0.2, 0.25) is 29.5 Å². The number of carbonyl (C=O) groups is 7. The normalized spacial score (nSPS) is 13.9. The molecule has 0 aliphatic carbocycles. The van der Waals surface area contributed by atoms with Gasteiger partial charge in [-0.05, 0) is 6.42 Å². The molecule has 0 spiro atoms. The van der Waals surface area contributed by atoms with Gasteiger partial charge in [0.25, 0.3) is 0 Å². The van der Waals surface area contributed by atoms with Crippen LogP contribution in [0.25, 0.3) is 0 Å². The van der Waals surface area contributed by atoms with Crippen molar-refractivity contribution in [3.8, 4) is 0 Å². The minimum absolute atomic E-state index is 0.0161. The first-order chi connectivity index (χ1) is 16.8.